The molecule has 1 aliphatic carbocycles. The molecule has 2 fully saturated rings. The number of carbonyl (C=O) groups is 2. The second kappa shape index (κ2) is 10.8. The number of halogens is 1. The lowest BCUT2D eigenvalue weighted by Crippen LogP contribution is -2.59. The van der Waals surface area contributed by atoms with Crippen LogP contribution in [-0.2, 0) is 11.3 Å². The van der Waals surface area contributed by atoms with Crippen LogP contribution in [0.5, 0.6) is 0 Å². The molecule has 1 aliphatic heterocycles. The van der Waals surface area contributed by atoms with Gasteiger partial charge in [-0.05, 0) is 68.5 Å². The first kappa shape index (κ1) is 27.4. The van der Waals surface area contributed by atoms with E-state index < -0.39 is 24.0 Å². The highest BCUT2D eigenvalue weighted by Gasteiger charge is 2.39. The predicted molar refractivity (Wildman–Crippen MR) is 151 cm³/mol. The first-order valence-corrected chi connectivity index (χ1v) is 13.6. The van der Waals surface area contributed by atoms with E-state index in [4.69, 9.17) is 17.3 Å². The third-order valence-electron chi connectivity index (χ3n) is 7.46. The van der Waals surface area contributed by atoms with Gasteiger partial charge in [-0.3, -0.25) is 18.7 Å². The molecule has 2 heterocycles. The first-order valence-electron chi connectivity index (χ1n) is 13.2. The molecule has 208 valence electrons. The minimum absolute atomic E-state index is 0.173. The second-order valence-corrected chi connectivity index (χ2v) is 11.0. The molecule has 3 amide bonds. The number of nitrogens with one attached hydrogen (secondary N) is 2. The van der Waals surface area contributed by atoms with Crippen molar-refractivity contribution in [2.24, 2.45) is 11.7 Å². The minimum Gasteiger partial charge on any atom is -0.368 e. The van der Waals surface area contributed by atoms with Crippen molar-refractivity contribution in [3.05, 3.63) is 73.4 Å². The van der Waals surface area contributed by atoms with Crippen molar-refractivity contribution in [1.82, 2.24) is 19.4 Å². The number of carbonyl (C=O) groups excluding carboxylic acids is 2. The normalized spacial score (nSPS) is 19.0. The van der Waals surface area contributed by atoms with Crippen LogP contribution in [0.1, 0.15) is 49.9 Å². The molecule has 12 heteroatoms. The highest BCUT2D eigenvalue weighted by molar-refractivity contribution is 6.31. The fourth-order valence-electron chi connectivity index (χ4n) is 5.31. The zero-order valence-electron chi connectivity index (χ0n) is 22.2. The average Bonchev–Trinajstić information content (AvgIpc) is 3.75. The van der Waals surface area contributed by atoms with E-state index in [2.05, 4.69) is 10.6 Å². The lowest BCUT2D eigenvalue weighted by molar-refractivity contribution is -0.122. The Balaban J connectivity index is 1.52. The number of nitrogens with zero attached hydrogens (tertiary/aromatic N) is 4. The number of benzene rings is 2. The maximum atomic E-state index is 13.6. The Kier molecular flexibility index (Phi) is 7.40. The molecule has 0 bridgehead atoms. The maximum absolute atomic E-state index is 13.6. The number of amides is 3. The molecule has 0 spiro atoms. The highest BCUT2D eigenvalue weighted by Crippen LogP contribution is 2.32. The van der Waals surface area contributed by atoms with Gasteiger partial charge >= 0.3 is 11.7 Å². The van der Waals surface area contributed by atoms with E-state index in [9.17, 15) is 24.4 Å². The number of aromatic nitrogens is 2. The van der Waals surface area contributed by atoms with Crippen LogP contribution in [0.15, 0.2) is 46.0 Å². The summed E-state index contributed by atoms with van der Waals surface area (Å²) in [7, 11) is 0. The van der Waals surface area contributed by atoms with Crippen LogP contribution in [0.2, 0.25) is 5.02 Å². The summed E-state index contributed by atoms with van der Waals surface area (Å²) in [5.41, 5.74) is 6.63. The maximum Gasteiger partial charge on any atom is 0.331 e. The molecule has 2 atom stereocenters. The van der Waals surface area contributed by atoms with E-state index in [0.29, 0.717) is 41.2 Å². The SMILES string of the molecule is CC(C)n1c(=O)n(CC2CC2)c(=O)c2cc(NC(=O)N3CCNC(C(N)=O)C3c3ccc(C#N)c(Cl)c3)ccc21. The number of hydrogen-bond acceptors (Lipinski definition) is 6. The molecule has 2 aromatic carbocycles. The van der Waals surface area contributed by atoms with E-state index in [-0.39, 0.29) is 34.4 Å². The van der Waals surface area contributed by atoms with Crippen LogP contribution in [0.25, 0.3) is 10.9 Å². The summed E-state index contributed by atoms with van der Waals surface area (Å²) in [6.07, 6.45) is 1.98. The van der Waals surface area contributed by atoms with Gasteiger partial charge in [-0.2, -0.15) is 5.26 Å². The summed E-state index contributed by atoms with van der Waals surface area (Å²) >= 11 is 6.26. The summed E-state index contributed by atoms with van der Waals surface area (Å²) in [5.74, 6) is -0.318. The van der Waals surface area contributed by atoms with Crippen LogP contribution in [0.4, 0.5) is 10.5 Å². The molecule has 40 heavy (non-hydrogen) atoms. The van der Waals surface area contributed by atoms with Crippen molar-refractivity contribution in [3.8, 4) is 6.07 Å². The predicted octanol–water partition coefficient (Wildman–Crippen LogP) is 2.71. The van der Waals surface area contributed by atoms with Crippen LogP contribution in [0, 0.1) is 17.2 Å². The molecule has 2 aliphatic rings. The Morgan fingerprint density at radius 3 is 2.58 bits per heavy atom. The van der Waals surface area contributed by atoms with E-state index >= 15 is 0 Å². The van der Waals surface area contributed by atoms with Crippen LogP contribution >= 0.6 is 11.6 Å². The van der Waals surface area contributed by atoms with Crippen LogP contribution in [-0.4, -0.2) is 45.1 Å². The Morgan fingerprint density at radius 1 is 1.20 bits per heavy atom. The number of urea groups is 1. The van der Waals surface area contributed by atoms with E-state index in [1.165, 1.54) is 15.5 Å². The number of fused-ring (bicyclic) bond motifs is 1. The number of primary amides is 1. The zero-order chi connectivity index (χ0) is 28.7. The molecule has 5 rings (SSSR count). The molecule has 11 nitrogen and oxygen atoms in total. The standard InChI is InChI=1S/C28H30ClN7O4/c1-15(2)36-22-8-7-19(12-20(22)26(38)35(28(36)40)14-16-3-4-16)33-27(39)34-10-9-32-23(25(31)37)24(34)17-5-6-18(13-30)21(29)11-17/h5-8,11-12,15-16,23-24,32H,3-4,9-10,14H2,1-2H3,(H2,31,37)(H,33,39). The summed E-state index contributed by atoms with van der Waals surface area (Å²) in [5, 5.41) is 15.7. The van der Waals surface area contributed by atoms with Gasteiger partial charge in [0, 0.05) is 31.4 Å². The van der Waals surface area contributed by atoms with Gasteiger partial charge in [-0.15, -0.1) is 0 Å². The van der Waals surface area contributed by atoms with Gasteiger partial charge in [-0.25, -0.2) is 9.59 Å². The Morgan fingerprint density at radius 2 is 1.95 bits per heavy atom. The molecule has 4 N–H and O–H groups in total. The topological polar surface area (TPSA) is 155 Å². The summed E-state index contributed by atoms with van der Waals surface area (Å²) in [4.78, 5) is 54.0. The van der Waals surface area contributed by atoms with Crippen molar-refractivity contribution >= 4 is 40.1 Å². The summed E-state index contributed by atoms with van der Waals surface area (Å²) < 4.78 is 2.90. The van der Waals surface area contributed by atoms with E-state index in [1.54, 1.807) is 34.9 Å². The van der Waals surface area contributed by atoms with Crippen molar-refractivity contribution in [2.45, 2.75) is 51.4 Å². The molecule has 0 radical (unpaired) electrons. The smallest absolute Gasteiger partial charge is 0.331 e. The quantitative estimate of drug-likeness (QED) is 0.419. The average molecular weight is 564 g/mol. The lowest BCUT2D eigenvalue weighted by Gasteiger charge is -2.40. The fraction of sp³-hybridized carbons (Fsp3) is 0.393. The van der Waals surface area contributed by atoms with E-state index in [0.717, 1.165) is 12.8 Å². The molecular formula is C28H30ClN7O4. The monoisotopic (exact) mass is 563 g/mol. The van der Waals surface area contributed by atoms with Gasteiger partial charge in [0.1, 0.15) is 12.1 Å². The second-order valence-electron chi connectivity index (χ2n) is 10.6. The van der Waals surface area contributed by atoms with Crippen molar-refractivity contribution in [1.29, 1.82) is 5.26 Å². The van der Waals surface area contributed by atoms with Crippen LogP contribution < -0.4 is 27.6 Å². The molecule has 2 unspecified atom stereocenters. The minimum atomic E-state index is -0.893. The number of hydrogen-bond donors (Lipinski definition) is 3. The van der Waals surface area contributed by atoms with Gasteiger partial charge in [-0.1, -0.05) is 17.7 Å². The van der Waals surface area contributed by atoms with Crippen molar-refractivity contribution in [3.63, 3.8) is 0 Å². The van der Waals surface area contributed by atoms with Gasteiger partial charge in [0.15, 0.2) is 0 Å². The number of piperazine rings is 1. The fourth-order valence-corrected chi connectivity index (χ4v) is 5.54. The van der Waals surface area contributed by atoms with Gasteiger partial charge < -0.3 is 21.3 Å². The number of nitrogens with two attached hydrogens (primary N) is 1. The largest absolute Gasteiger partial charge is 0.368 e. The molecule has 1 saturated carbocycles. The highest BCUT2D eigenvalue weighted by atomic mass is 35.5. The number of anilines is 1. The number of nitriles is 1. The van der Waals surface area contributed by atoms with Crippen molar-refractivity contribution < 1.29 is 9.59 Å². The van der Waals surface area contributed by atoms with Crippen LogP contribution in [0.3, 0.4) is 0 Å². The Hall–Kier alpha value is -4.14. The Bertz CT molecular complexity index is 1670. The summed E-state index contributed by atoms with van der Waals surface area (Å²) in [6.45, 7) is 4.73. The van der Waals surface area contributed by atoms with Gasteiger partial charge in [0.2, 0.25) is 5.91 Å². The first-order chi connectivity index (χ1) is 19.1. The third kappa shape index (κ3) is 5.08. The lowest BCUT2D eigenvalue weighted by atomic mass is 9.94. The molecule has 1 saturated heterocycles. The van der Waals surface area contributed by atoms with Crippen molar-refractivity contribution in [2.75, 3.05) is 18.4 Å². The third-order valence-corrected chi connectivity index (χ3v) is 7.78. The Labute approximate surface area is 235 Å². The van der Waals surface area contributed by atoms with E-state index in [1.807, 2.05) is 19.9 Å². The summed E-state index contributed by atoms with van der Waals surface area (Å²) in [6, 6.07) is 9.25. The zero-order valence-corrected chi connectivity index (χ0v) is 22.9. The van der Waals surface area contributed by atoms with Gasteiger partial charge in [0.25, 0.3) is 5.56 Å². The molecule has 3 aromatic rings. The molecular weight excluding hydrogens is 534 g/mol. The molecule has 1 aromatic heterocycles. The van der Waals surface area contributed by atoms with Gasteiger partial charge in [0.05, 0.1) is 27.5 Å². The number of rotatable bonds is 6.